The molecule has 3 aliphatic heterocycles. The number of nitrogens with zero attached hydrogens (tertiary/aromatic N) is 3. The summed E-state index contributed by atoms with van der Waals surface area (Å²) in [6.07, 6.45) is 0.331. The number of para-hydroxylation sites is 3. The molecule has 162 valence electrons. The van der Waals surface area contributed by atoms with Crippen LogP contribution in [0.15, 0.2) is 48.5 Å². The predicted molar refractivity (Wildman–Crippen MR) is 116 cm³/mol. The lowest BCUT2D eigenvalue weighted by Gasteiger charge is -2.38. The second kappa shape index (κ2) is 8.13. The van der Waals surface area contributed by atoms with Gasteiger partial charge in [0.25, 0.3) is 5.91 Å². The molecule has 0 radical (unpaired) electrons. The molecule has 1 saturated heterocycles. The Balaban J connectivity index is 1.16. The highest BCUT2D eigenvalue weighted by Gasteiger charge is 2.34. The Morgan fingerprint density at radius 1 is 0.935 bits per heavy atom. The van der Waals surface area contributed by atoms with Crippen molar-refractivity contribution < 1.29 is 19.1 Å². The minimum Gasteiger partial charge on any atom is -0.485 e. The monoisotopic (exact) mass is 421 g/mol. The van der Waals surface area contributed by atoms with Crippen molar-refractivity contribution in [3.8, 4) is 11.5 Å². The first-order valence-corrected chi connectivity index (χ1v) is 10.9. The average molecular weight is 421 g/mol. The lowest BCUT2D eigenvalue weighted by atomic mass is 10.1. The number of anilines is 1. The number of amides is 2. The van der Waals surface area contributed by atoms with E-state index >= 15 is 0 Å². The van der Waals surface area contributed by atoms with Crippen molar-refractivity contribution in [1.82, 2.24) is 9.80 Å². The molecular weight excluding hydrogens is 394 g/mol. The molecule has 5 rings (SSSR count). The molecule has 0 N–H and O–H groups in total. The van der Waals surface area contributed by atoms with E-state index in [0.717, 1.165) is 12.1 Å². The summed E-state index contributed by atoms with van der Waals surface area (Å²) < 4.78 is 11.5. The number of hydrogen-bond acceptors (Lipinski definition) is 5. The smallest absolute Gasteiger partial charge is 0.267 e. The highest BCUT2D eigenvalue weighted by atomic mass is 16.6. The molecule has 31 heavy (non-hydrogen) atoms. The normalized spacial score (nSPS) is 22.3. The minimum atomic E-state index is -0.640. The molecule has 2 atom stereocenters. The quantitative estimate of drug-likeness (QED) is 0.758. The van der Waals surface area contributed by atoms with Gasteiger partial charge in [-0.15, -0.1) is 0 Å². The van der Waals surface area contributed by atoms with Crippen LogP contribution in [0.2, 0.25) is 0 Å². The van der Waals surface area contributed by atoms with Gasteiger partial charge >= 0.3 is 0 Å². The molecule has 2 aromatic carbocycles. The molecule has 1 fully saturated rings. The second-order valence-electron chi connectivity index (χ2n) is 8.38. The van der Waals surface area contributed by atoms with E-state index in [1.807, 2.05) is 41.3 Å². The molecular formula is C24H27N3O4. The molecule has 0 saturated carbocycles. The SMILES string of the molecule is CC1Cc2ccccc2N1CC(=O)N1CCN(C(=O)C2COc3ccccc3O2)CC1. The van der Waals surface area contributed by atoms with Gasteiger partial charge in [-0.25, -0.2) is 0 Å². The van der Waals surface area contributed by atoms with Gasteiger partial charge < -0.3 is 24.2 Å². The van der Waals surface area contributed by atoms with E-state index in [2.05, 4.69) is 24.0 Å². The maximum Gasteiger partial charge on any atom is 0.267 e. The average Bonchev–Trinajstić information content (AvgIpc) is 3.13. The number of carbonyl (C=O) groups excluding carboxylic acids is 2. The number of fused-ring (bicyclic) bond motifs is 2. The number of hydrogen-bond donors (Lipinski definition) is 0. The van der Waals surface area contributed by atoms with Crippen LogP contribution in [0.5, 0.6) is 11.5 Å². The third-order valence-corrected chi connectivity index (χ3v) is 6.38. The van der Waals surface area contributed by atoms with Crippen LogP contribution < -0.4 is 14.4 Å². The van der Waals surface area contributed by atoms with Crippen LogP contribution in [0, 0.1) is 0 Å². The summed E-state index contributed by atoms with van der Waals surface area (Å²) in [4.78, 5) is 31.7. The molecule has 2 unspecified atom stereocenters. The summed E-state index contributed by atoms with van der Waals surface area (Å²) in [5, 5.41) is 0. The standard InChI is InChI=1S/C24H27N3O4/c1-17-14-18-6-2-3-7-19(18)27(17)15-23(28)25-10-12-26(13-11-25)24(29)22-16-30-20-8-4-5-9-21(20)31-22/h2-9,17,22H,10-16H2,1H3. The largest absolute Gasteiger partial charge is 0.485 e. The molecule has 2 amide bonds. The summed E-state index contributed by atoms with van der Waals surface area (Å²) in [5.74, 6) is 1.30. The Morgan fingerprint density at radius 2 is 1.61 bits per heavy atom. The fourth-order valence-electron chi connectivity index (χ4n) is 4.64. The van der Waals surface area contributed by atoms with Gasteiger partial charge in [-0.3, -0.25) is 9.59 Å². The van der Waals surface area contributed by atoms with Crippen LogP contribution in [-0.2, 0) is 16.0 Å². The Labute approximate surface area is 182 Å². The Morgan fingerprint density at radius 3 is 2.42 bits per heavy atom. The van der Waals surface area contributed by atoms with Crippen molar-refractivity contribution in [2.45, 2.75) is 25.5 Å². The van der Waals surface area contributed by atoms with Crippen molar-refractivity contribution in [2.75, 3.05) is 44.2 Å². The van der Waals surface area contributed by atoms with E-state index in [4.69, 9.17) is 9.47 Å². The topological polar surface area (TPSA) is 62.3 Å². The first-order valence-electron chi connectivity index (χ1n) is 10.9. The van der Waals surface area contributed by atoms with E-state index in [1.54, 1.807) is 4.90 Å². The number of benzene rings is 2. The van der Waals surface area contributed by atoms with Crippen molar-refractivity contribution >= 4 is 17.5 Å². The zero-order chi connectivity index (χ0) is 21.4. The van der Waals surface area contributed by atoms with Gasteiger partial charge in [-0.1, -0.05) is 30.3 Å². The lowest BCUT2D eigenvalue weighted by molar-refractivity contribution is -0.145. The van der Waals surface area contributed by atoms with Gasteiger partial charge in [0.1, 0.15) is 6.61 Å². The van der Waals surface area contributed by atoms with Crippen molar-refractivity contribution in [2.24, 2.45) is 0 Å². The maximum absolute atomic E-state index is 13.0. The van der Waals surface area contributed by atoms with Crippen LogP contribution >= 0.6 is 0 Å². The molecule has 0 aliphatic carbocycles. The van der Waals surface area contributed by atoms with Crippen molar-refractivity contribution in [1.29, 1.82) is 0 Å². The van der Waals surface area contributed by atoms with E-state index in [1.165, 1.54) is 5.56 Å². The Kier molecular flexibility index (Phi) is 5.18. The van der Waals surface area contributed by atoms with Crippen molar-refractivity contribution in [3.63, 3.8) is 0 Å². The highest BCUT2D eigenvalue weighted by molar-refractivity contribution is 5.84. The van der Waals surface area contributed by atoms with Gasteiger partial charge in [0, 0.05) is 37.9 Å². The number of ether oxygens (including phenoxy) is 2. The van der Waals surface area contributed by atoms with Gasteiger partial charge in [0.2, 0.25) is 12.0 Å². The Hall–Kier alpha value is -3.22. The van der Waals surface area contributed by atoms with Crippen LogP contribution in [0.25, 0.3) is 0 Å². The second-order valence-corrected chi connectivity index (χ2v) is 8.38. The molecule has 7 heteroatoms. The molecule has 0 aromatic heterocycles. The molecule has 7 nitrogen and oxygen atoms in total. The summed E-state index contributed by atoms with van der Waals surface area (Å²) >= 11 is 0. The van der Waals surface area contributed by atoms with E-state index < -0.39 is 6.10 Å². The molecule has 3 heterocycles. The summed E-state index contributed by atoms with van der Waals surface area (Å²) in [6.45, 7) is 4.85. The van der Waals surface area contributed by atoms with Crippen LogP contribution in [0.1, 0.15) is 12.5 Å². The van der Waals surface area contributed by atoms with Crippen LogP contribution in [0.3, 0.4) is 0 Å². The first kappa shape index (κ1) is 19.7. The predicted octanol–water partition coefficient (Wildman–Crippen LogP) is 1.95. The number of rotatable bonds is 3. The van der Waals surface area contributed by atoms with Gasteiger partial charge in [0.15, 0.2) is 11.5 Å². The van der Waals surface area contributed by atoms with Gasteiger partial charge in [-0.2, -0.15) is 0 Å². The number of piperazine rings is 1. The molecule has 2 aromatic rings. The summed E-state index contributed by atoms with van der Waals surface area (Å²) in [5.41, 5.74) is 2.46. The third kappa shape index (κ3) is 3.80. The molecule has 3 aliphatic rings. The third-order valence-electron chi connectivity index (χ3n) is 6.38. The minimum absolute atomic E-state index is 0.0799. The van der Waals surface area contributed by atoms with Gasteiger partial charge in [0.05, 0.1) is 6.54 Å². The fourth-order valence-corrected chi connectivity index (χ4v) is 4.64. The zero-order valence-electron chi connectivity index (χ0n) is 17.7. The first-order chi connectivity index (χ1) is 15.1. The zero-order valence-corrected chi connectivity index (χ0v) is 17.7. The van der Waals surface area contributed by atoms with Crippen LogP contribution in [-0.4, -0.2) is 73.1 Å². The lowest BCUT2D eigenvalue weighted by Crippen LogP contribution is -2.56. The van der Waals surface area contributed by atoms with E-state index in [-0.39, 0.29) is 18.4 Å². The Bertz CT molecular complexity index is 986. The van der Waals surface area contributed by atoms with E-state index in [0.29, 0.717) is 50.3 Å². The summed E-state index contributed by atoms with van der Waals surface area (Å²) in [7, 11) is 0. The summed E-state index contributed by atoms with van der Waals surface area (Å²) in [6, 6.07) is 16.0. The molecule has 0 spiro atoms. The van der Waals surface area contributed by atoms with Crippen LogP contribution in [0.4, 0.5) is 5.69 Å². The maximum atomic E-state index is 13.0. The number of carbonyl (C=O) groups is 2. The fraction of sp³-hybridized carbons (Fsp3) is 0.417. The molecule has 0 bridgehead atoms. The van der Waals surface area contributed by atoms with E-state index in [9.17, 15) is 9.59 Å². The van der Waals surface area contributed by atoms with Crippen molar-refractivity contribution in [3.05, 3.63) is 54.1 Å². The highest BCUT2D eigenvalue weighted by Crippen LogP contribution is 2.32. The van der Waals surface area contributed by atoms with Gasteiger partial charge in [-0.05, 0) is 37.1 Å².